The highest BCUT2D eigenvalue weighted by Crippen LogP contribution is 2.15. The number of hydrogen-bond acceptors (Lipinski definition) is 4. The number of carbonyl (C=O) groups is 1. The highest BCUT2D eigenvalue weighted by atomic mass is 16.4. The normalized spacial score (nSPS) is 10.0. The average molecular weight is 188 g/mol. The summed E-state index contributed by atoms with van der Waals surface area (Å²) in [5, 5.41) is 7.10. The fourth-order valence-electron chi connectivity index (χ4n) is 1.04. The topological polar surface area (TPSA) is 82.0 Å². The molecule has 1 aromatic heterocycles. The highest BCUT2D eigenvalue weighted by Gasteiger charge is 2.04. The average Bonchev–Trinajstić information content (AvgIpc) is 2.71. The van der Waals surface area contributed by atoms with Gasteiger partial charge in [-0.1, -0.05) is 0 Å². The van der Waals surface area contributed by atoms with Gasteiger partial charge in [0.1, 0.15) is 0 Å². The molecule has 5 nitrogen and oxygen atoms in total. The van der Waals surface area contributed by atoms with Crippen LogP contribution in [0.3, 0.4) is 0 Å². The molecule has 1 amide bonds. The predicted molar refractivity (Wildman–Crippen MR) is 47.1 cm³/mol. The minimum Gasteiger partial charge on any atom is -0.412 e. The van der Waals surface area contributed by atoms with Crippen molar-refractivity contribution in [2.45, 2.75) is 0 Å². The molecule has 0 aliphatic rings. The van der Waals surface area contributed by atoms with Crippen molar-refractivity contribution in [2.75, 3.05) is 0 Å². The minimum atomic E-state index is -0.464. The number of benzene rings is 1. The van der Waals surface area contributed by atoms with E-state index in [2.05, 4.69) is 16.6 Å². The third kappa shape index (κ3) is 1.47. The van der Waals surface area contributed by atoms with E-state index in [9.17, 15) is 4.79 Å². The first-order chi connectivity index (χ1) is 6.77. The van der Waals surface area contributed by atoms with E-state index >= 15 is 0 Å². The van der Waals surface area contributed by atoms with Crippen LogP contribution in [-0.2, 0) is 0 Å². The van der Waals surface area contributed by atoms with Gasteiger partial charge in [-0.3, -0.25) is 4.79 Å². The lowest BCUT2D eigenvalue weighted by Crippen LogP contribution is -2.10. The third-order valence-corrected chi connectivity index (χ3v) is 1.74. The Hall–Kier alpha value is -2.17. The number of nitrogens with zero attached hydrogens (tertiary/aromatic N) is 2. The quantitative estimate of drug-likeness (QED) is 0.749. The Bertz CT molecular complexity index is 434. The molecule has 0 aliphatic carbocycles. The van der Waals surface area contributed by atoms with E-state index in [0.717, 1.165) is 5.56 Å². The first-order valence-electron chi connectivity index (χ1n) is 3.87. The zero-order valence-corrected chi connectivity index (χ0v) is 7.10. The lowest BCUT2D eigenvalue weighted by Gasteiger charge is -1.96. The summed E-state index contributed by atoms with van der Waals surface area (Å²) in [6, 6.07) is 6.56. The van der Waals surface area contributed by atoms with E-state index in [-0.39, 0.29) is 0 Å². The molecule has 0 saturated carbocycles. The van der Waals surface area contributed by atoms with Crippen molar-refractivity contribution >= 4 is 5.91 Å². The molecular weight excluding hydrogens is 182 g/mol. The molecular formula is C9H6N3O2. The van der Waals surface area contributed by atoms with Crippen molar-refractivity contribution in [3.8, 4) is 11.5 Å². The Morgan fingerprint density at radius 2 is 2.07 bits per heavy atom. The molecule has 0 spiro atoms. The molecule has 0 saturated heterocycles. The molecule has 2 N–H and O–H groups in total. The van der Waals surface area contributed by atoms with Gasteiger partial charge in [0.2, 0.25) is 11.8 Å². The molecule has 2 rings (SSSR count). The lowest BCUT2D eigenvalue weighted by molar-refractivity contribution is 0.100. The summed E-state index contributed by atoms with van der Waals surface area (Å²) >= 11 is 0. The highest BCUT2D eigenvalue weighted by molar-refractivity contribution is 5.93. The lowest BCUT2D eigenvalue weighted by atomic mass is 10.1. The van der Waals surface area contributed by atoms with Gasteiger partial charge in [0.25, 0.3) is 0 Å². The molecule has 14 heavy (non-hydrogen) atoms. The van der Waals surface area contributed by atoms with E-state index in [0.29, 0.717) is 11.5 Å². The van der Waals surface area contributed by atoms with Gasteiger partial charge in [-0.05, 0) is 24.3 Å². The number of hydrogen-bond donors (Lipinski definition) is 1. The Kier molecular flexibility index (Phi) is 1.98. The van der Waals surface area contributed by atoms with Crippen LogP contribution in [0, 0.1) is 6.39 Å². The number of primary amides is 1. The fourth-order valence-corrected chi connectivity index (χ4v) is 1.04. The van der Waals surface area contributed by atoms with Crippen LogP contribution in [-0.4, -0.2) is 16.1 Å². The van der Waals surface area contributed by atoms with Gasteiger partial charge in [-0.15, -0.1) is 10.2 Å². The predicted octanol–water partition coefficient (Wildman–Crippen LogP) is 0.636. The van der Waals surface area contributed by atoms with Gasteiger partial charge in [-0.25, -0.2) is 0 Å². The molecule has 1 aromatic carbocycles. The fraction of sp³-hybridized carbons (Fsp3) is 0. The minimum absolute atomic E-state index is 0.362. The van der Waals surface area contributed by atoms with Crippen molar-refractivity contribution in [2.24, 2.45) is 5.73 Å². The SMILES string of the molecule is NC(=O)c1ccc(-c2nn[c]o2)cc1. The van der Waals surface area contributed by atoms with Gasteiger partial charge < -0.3 is 10.2 Å². The molecule has 0 unspecified atom stereocenters. The summed E-state index contributed by atoms with van der Waals surface area (Å²) in [6.45, 7) is 0. The van der Waals surface area contributed by atoms with Crippen molar-refractivity contribution < 1.29 is 9.21 Å². The van der Waals surface area contributed by atoms with E-state index in [1.54, 1.807) is 24.3 Å². The van der Waals surface area contributed by atoms with Gasteiger partial charge >= 0.3 is 6.39 Å². The smallest absolute Gasteiger partial charge is 0.306 e. The zero-order valence-electron chi connectivity index (χ0n) is 7.10. The maximum absolute atomic E-state index is 10.8. The van der Waals surface area contributed by atoms with E-state index in [1.165, 1.54) is 0 Å². The van der Waals surface area contributed by atoms with Gasteiger partial charge in [0, 0.05) is 11.1 Å². The summed E-state index contributed by atoms with van der Waals surface area (Å²) < 4.78 is 4.86. The number of carbonyl (C=O) groups excluding carboxylic acids is 1. The number of nitrogens with two attached hydrogens (primary N) is 1. The number of rotatable bonds is 2. The second-order valence-electron chi connectivity index (χ2n) is 2.64. The molecule has 69 valence electrons. The molecule has 1 heterocycles. The second-order valence-corrected chi connectivity index (χ2v) is 2.64. The second kappa shape index (κ2) is 3.29. The van der Waals surface area contributed by atoms with Crippen LogP contribution in [0.15, 0.2) is 28.7 Å². The van der Waals surface area contributed by atoms with Crippen LogP contribution in [0.4, 0.5) is 0 Å². The Balaban J connectivity index is 2.36. The Labute approximate surface area is 79.6 Å². The van der Waals surface area contributed by atoms with Crippen LogP contribution in [0.5, 0.6) is 0 Å². The third-order valence-electron chi connectivity index (χ3n) is 1.74. The van der Waals surface area contributed by atoms with Crippen molar-refractivity contribution in [1.29, 1.82) is 0 Å². The molecule has 0 atom stereocenters. The van der Waals surface area contributed by atoms with E-state index in [4.69, 9.17) is 10.2 Å². The molecule has 0 fully saturated rings. The molecule has 5 heteroatoms. The van der Waals surface area contributed by atoms with E-state index in [1.807, 2.05) is 0 Å². The first kappa shape index (κ1) is 8.43. The van der Waals surface area contributed by atoms with Crippen molar-refractivity contribution in [3.05, 3.63) is 36.2 Å². The summed E-state index contributed by atoms with van der Waals surface area (Å²) in [7, 11) is 0. The van der Waals surface area contributed by atoms with Gasteiger partial charge in [0.15, 0.2) is 0 Å². The summed E-state index contributed by atoms with van der Waals surface area (Å²) in [6.07, 6.45) is 2.24. The molecule has 0 bridgehead atoms. The van der Waals surface area contributed by atoms with Crippen molar-refractivity contribution in [1.82, 2.24) is 10.2 Å². The molecule has 2 aromatic rings. The first-order valence-corrected chi connectivity index (χ1v) is 3.87. The number of amides is 1. The Morgan fingerprint density at radius 1 is 1.36 bits per heavy atom. The van der Waals surface area contributed by atoms with Gasteiger partial charge in [-0.2, -0.15) is 0 Å². The van der Waals surface area contributed by atoms with E-state index < -0.39 is 5.91 Å². The molecule has 1 radical (unpaired) electrons. The maximum atomic E-state index is 10.8. The standard InChI is InChI=1S/C9H6N3O2/c10-8(13)6-1-3-7(4-2-6)9-12-11-5-14-9/h1-4H,(H2,10,13). The van der Waals surface area contributed by atoms with Gasteiger partial charge in [0.05, 0.1) is 0 Å². The van der Waals surface area contributed by atoms with Crippen LogP contribution in [0.25, 0.3) is 11.5 Å². The number of aromatic nitrogens is 2. The zero-order chi connectivity index (χ0) is 9.97. The maximum Gasteiger partial charge on any atom is 0.306 e. The van der Waals surface area contributed by atoms with Crippen LogP contribution in [0.2, 0.25) is 0 Å². The summed E-state index contributed by atoms with van der Waals surface area (Å²) in [5.74, 6) is -0.102. The van der Waals surface area contributed by atoms with Crippen LogP contribution in [0.1, 0.15) is 10.4 Å². The van der Waals surface area contributed by atoms with Crippen molar-refractivity contribution in [3.63, 3.8) is 0 Å². The van der Waals surface area contributed by atoms with Crippen LogP contribution < -0.4 is 5.73 Å². The monoisotopic (exact) mass is 188 g/mol. The van der Waals surface area contributed by atoms with Crippen LogP contribution >= 0.6 is 0 Å². The molecule has 0 aliphatic heterocycles. The summed E-state index contributed by atoms with van der Waals surface area (Å²) in [4.78, 5) is 10.8. The summed E-state index contributed by atoms with van der Waals surface area (Å²) in [5.41, 5.74) is 6.25. The largest absolute Gasteiger partial charge is 0.412 e. The Morgan fingerprint density at radius 3 is 2.57 bits per heavy atom.